The van der Waals surface area contributed by atoms with Crippen molar-refractivity contribution in [1.82, 2.24) is 10.7 Å². The highest BCUT2D eigenvalue weighted by Gasteiger charge is 2.22. The second-order valence-electron chi connectivity index (χ2n) is 8.33. The molecule has 0 heterocycles. The fraction of sp³-hybridized carbons (Fsp3) is 0.423. The SMILES string of the molecule is CCCCCOc1c(C=NNC(=O)C(CC(C)C)NC(=O)c2ccc(Cl)cc2)cccc1OC. The van der Waals surface area contributed by atoms with E-state index in [0.29, 0.717) is 40.7 Å². The van der Waals surface area contributed by atoms with E-state index in [2.05, 4.69) is 22.8 Å². The average molecular weight is 488 g/mol. The molecule has 1 atom stereocenters. The first-order valence-corrected chi connectivity index (χ1v) is 11.9. The number of hydrogen-bond acceptors (Lipinski definition) is 5. The fourth-order valence-corrected chi connectivity index (χ4v) is 3.39. The number of carbonyl (C=O) groups is 2. The van der Waals surface area contributed by atoms with E-state index in [1.807, 2.05) is 32.0 Å². The van der Waals surface area contributed by atoms with Crippen molar-refractivity contribution in [2.24, 2.45) is 11.0 Å². The van der Waals surface area contributed by atoms with Crippen LogP contribution < -0.4 is 20.2 Å². The number of rotatable bonds is 13. The Morgan fingerprint density at radius 3 is 2.50 bits per heavy atom. The molecule has 0 spiro atoms. The topological polar surface area (TPSA) is 89.0 Å². The molecule has 0 bridgehead atoms. The monoisotopic (exact) mass is 487 g/mol. The van der Waals surface area contributed by atoms with E-state index in [9.17, 15) is 9.59 Å². The standard InChI is InChI=1S/C26H34ClN3O4/c1-5-6-7-15-34-24-20(9-8-10-23(24)33-4)17-28-30-26(32)22(16-18(2)3)29-25(31)19-11-13-21(27)14-12-19/h8-14,17-18,22H,5-7,15-16H2,1-4H3,(H,29,31)(H,30,32). The van der Waals surface area contributed by atoms with Crippen molar-refractivity contribution < 1.29 is 19.1 Å². The summed E-state index contributed by atoms with van der Waals surface area (Å²) in [5.74, 6) is 0.609. The van der Waals surface area contributed by atoms with Gasteiger partial charge in [-0.15, -0.1) is 0 Å². The third-order valence-electron chi connectivity index (χ3n) is 5.04. The van der Waals surface area contributed by atoms with Crippen molar-refractivity contribution in [3.05, 3.63) is 58.6 Å². The van der Waals surface area contributed by atoms with Gasteiger partial charge in [-0.25, -0.2) is 5.43 Å². The van der Waals surface area contributed by atoms with Crippen LogP contribution in [0.15, 0.2) is 47.6 Å². The van der Waals surface area contributed by atoms with Gasteiger partial charge in [-0.05, 0) is 55.2 Å². The zero-order chi connectivity index (χ0) is 24.9. The average Bonchev–Trinajstić information content (AvgIpc) is 2.81. The number of benzene rings is 2. The molecular formula is C26H34ClN3O4. The molecule has 0 fully saturated rings. The summed E-state index contributed by atoms with van der Waals surface area (Å²) < 4.78 is 11.3. The number of ether oxygens (including phenoxy) is 2. The van der Waals surface area contributed by atoms with E-state index < -0.39 is 11.9 Å². The van der Waals surface area contributed by atoms with Crippen molar-refractivity contribution in [2.45, 2.75) is 52.5 Å². The number of hydrogen-bond donors (Lipinski definition) is 2. The van der Waals surface area contributed by atoms with Gasteiger partial charge in [-0.3, -0.25) is 9.59 Å². The third-order valence-corrected chi connectivity index (χ3v) is 5.29. The molecule has 8 heteroatoms. The Labute approximate surface area is 206 Å². The maximum Gasteiger partial charge on any atom is 0.262 e. The zero-order valence-corrected chi connectivity index (χ0v) is 21.0. The Hall–Kier alpha value is -3.06. The molecule has 0 aliphatic rings. The molecule has 7 nitrogen and oxygen atoms in total. The zero-order valence-electron chi connectivity index (χ0n) is 20.3. The van der Waals surface area contributed by atoms with Crippen molar-refractivity contribution in [3.8, 4) is 11.5 Å². The highest BCUT2D eigenvalue weighted by atomic mass is 35.5. The molecule has 2 N–H and O–H groups in total. The van der Waals surface area contributed by atoms with Crippen LogP contribution in [0.1, 0.15) is 62.4 Å². The van der Waals surface area contributed by atoms with Gasteiger partial charge in [0.25, 0.3) is 11.8 Å². The molecular weight excluding hydrogens is 454 g/mol. The Morgan fingerprint density at radius 1 is 1.12 bits per heavy atom. The Kier molecular flexibility index (Phi) is 11.4. The maximum atomic E-state index is 12.8. The number of nitrogens with zero attached hydrogens (tertiary/aromatic N) is 1. The molecule has 2 rings (SSSR count). The molecule has 2 aromatic carbocycles. The number of hydrazone groups is 1. The van der Waals surface area contributed by atoms with Crippen LogP contribution in [-0.2, 0) is 4.79 Å². The van der Waals surface area contributed by atoms with E-state index >= 15 is 0 Å². The lowest BCUT2D eigenvalue weighted by molar-refractivity contribution is -0.123. The number of para-hydroxylation sites is 1. The van der Waals surface area contributed by atoms with E-state index in [4.69, 9.17) is 21.1 Å². The predicted octanol–water partition coefficient (Wildman–Crippen LogP) is 5.21. The minimum absolute atomic E-state index is 0.187. The number of amides is 2. The van der Waals surface area contributed by atoms with Gasteiger partial charge >= 0.3 is 0 Å². The molecule has 184 valence electrons. The fourth-order valence-electron chi connectivity index (χ4n) is 3.27. The van der Waals surface area contributed by atoms with E-state index in [0.717, 1.165) is 19.3 Å². The van der Waals surface area contributed by atoms with Crippen LogP contribution in [0.4, 0.5) is 0 Å². The number of halogens is 1. The number of methoxy groups -OCH3 is 1. The van der Waals surface area contributed by atoms with Crippen LogP contribution in [0.3, 0.4) is 0 Å². The van der Waals surface area contributed by atoms with Gasteiger partial charge in [-0.1, -0.05) is 51.3 Å². The second-order valence-corrected chi connectivity index (χ2v) is 8.77. The van der Waals surface area contributed by atoms with Gasteiger partial charge in [0.05, 0.1) is 19.9 Å². The molecule has 34 heavy (non-hydrogen) atoms. The summed E-state index contributed by atoms with van der Waals surface area (Å²) >= 11 is 5.89. The highest BCUT2D eigenvalue weighted by Crippen LogP contribution is 2.30. The van der Waals surface area contributed by atoms with Crippen LogP contribution >= 0.6 is 11.6 Å². The van der Waals surface area contributed by atoms with Crippen LogP contribution in [0.2, 0.25) is 5.02 Å². The number of unbranched alkanes of at least 4 members (excludes halogenated alkanes) is 2. The summed E-state index contributed by atoms with van der Waals surface area (Å²) in [4.78, 5) is 25.4. The van der Waals surface area contributed by atoms with E-state index in [1.54, 1.807) is 31.4 Å². The van der Waals surface area contributed by atoms with Crippen LogP contribution in [0.25, 0.3) is 0 Å². The Morgan fingerprint density at radius 2 is 1.85 bits per heavy atom. The lowest BCUT2D eigenvalue weighted by atomic mass is 10.0. The minimum atomic E-state index is -0.740. The molecule has 0 aromatic heterocycles. The second kappa shape index (κ2) is 14.3. The molecule has 2 amide bonds. The summed E-state index contributed by atoms with van der Waals surface area (Å²) in [7, 11) is 1.58. The summed E-state index contributed by atoms with van der Waals surface area (Å²) in [5, 5.41) is 7.44. The normalized spacial score (nSPS) is 11.9. The van der Waals surface area contributed by atoms with Crippen LogP contribution in [0, 0.1) is 5.92 Å². The molecule has 0 aliphatic heterocycles. The molecule has 0 radical (unpaired) electrons. The molecule has 2 aromatic rings. The van der Waals surface area contributed by atoms with Gasteiger partial charge in [-0.2, -0.15) is 5.10 Å². The summed E-state index contributed by atoms with van der Waals surface area (Å²) in [6, 6.07) is 11.2. The molecule has 0 saturated heterocycles. The molecule has 1 unspecified atom stereocenters. The van der Waals surface area contributed by atoms with Crippen molar-refractivity contribution >= 4 is 29.6 Å². The lowest BCUT2D eigenvalue weighted by Crippen LogP contribution is -2.46. The largest absolute Gasteiger partial charge is 0.493 e. The Bertz CT molecular complexity index is 961. The minimum Gasteiger partial charge on any atom is -0.493 e. The third kappa shape index (κ3) is 8.71. The van der Waals surface area contributed by atoms with Gasteiger partial charge in [0.1, 0.15) is 6.04 Å². The van der Waals surface area contributed by atoms with Gasteiger partial charge in [0, 0.05) is 16.1 Å². The Balaban J connectivity index is 2.08. The smallest absolute Gasteiger partial charge is 0.262 e. The van der Waals surface area contributed by atoms with E-state index in [-0.39, 0.29) is 11.8 Å². The maximum absolute atomic E-state index is 12.8. The first-order chi connectivity index (χ1) is 16.3. The summed E-state index contributed by atoms with van der Waals surface area (Å²) in [5.41, 5.74) is 3.65. The van der Waals surface area contributed by atoms with Crippen molar-refractivity contribution in [1.29, 1.82) is 0 Å². The van der Waals surface area contributed by atoms with Gasteiger partial charge in [0.15, 0.2) is 11.5 Å². The van der Waals surface area contributed by atoms with Gasteiger partial charge < -0.3 is 14.8 Å². The van der Waals surface area contributed by atoms with Crippen LogP contribution in [0.5, 0.6) is 11.5 Å². The number of nitrogens with one attached hydrogen (secondary N) is 2. The predicted molar refractivity (Wildman–Crippen MR) is 136 cm³/mol. The van der Waals surface area contributed by atoms with Crippen molar-refractivity contribution in [3.63, 3.8) is 0 Å². The molecule has 0 aliphatic carbocycles. The van der Waals surface area contributed by atoms with Gasteiger partial charge in [0.2, 0.25) is 0 Å². The van der Waals surface area contributed by atoms with Crippen LogP contribution in [-0.4, -0.2) is 37.8 Å². The quantitative estimate of drug-likeness (QED) is 0.230. The highest BCUT2D eigenvalue weighted by molar-refractivity contribution is 6.30. The summed E-state index contributed by atoms with van der Waals surface area (Å²) in [6.45, 7) is 6.66. The number of carbonyl (C=O) groups excluding carboxylic acids is 2. The first-order valence-electron chi connectivity index (χ1n) is 11.5. The lowest BCUT2D eigenvalue weighted by Gasteiger charge is -2.19. The molecule has 0 saturated carbocycles. The van der Waals surface area contributed by atoms with E-state index in [1.165, 1.54) is 6.21 Å². The van der Waals surface area contributed by atoms with Crippen molar-refractivity contribution in [2.75, 3.05) is 13.7 Å². The first kappa shape index (κ1) is 27.2. The summed E-state index contributed by atoms with van der Waals surface area (Å²) in [6.07, 6.45) is 5.09.